The van der Waals surface area contributed by atoms with Crippen LogP contribution < -0.4 is 14.8 Å². The van der Waals surface area contributed by atoms with Gasteiger partial charge >= 0.3 is 0 Å². The van der Waals surface area contributed by atoms with Crippen molar-refractivity contribution in [2.24, 2.45) is 0 Å². The lowest BCUT2D eigenvalue weighted by Crippen LogP contribution is -2.15. The number of thioether (sulfide) groups is 1. The zero-order chi connectivity index (χ0) is 20.1. The summed E-state index contributed by atoms with van der Waals surface area (Å²) in [4.78, 5) is 16.0. The molecule has 0 unspecified atom stereocenters. The Kier molecular flexibility index (Phi) is 6.61. The molecule has 0 atom stereocenters. The number of anilines is 1. The Bertz CT molecular complexity index is 999. The Morgan fingerprint density at radius 2 is 1.96 bits per heavy atom. The quantitative estimate of drug-likeness (QED) is 0.545. The normalized spacial score (nSPS) is 10.6. The van der Waals surface area contributed by atoms with Gasteiger partial charge < -0.3 is 19.2 Å². The molecular formula is C17H14Cl2N4O4S. The largest absolute Gasteiger partial charge is 0.493 e. The first-order valence-electron chi connectivity index (χ1n) is 7.79. The van der Waals surface area contributed by atoms with Gasteiger partial charge in [-0.05, 0) is 24.3 Å². The van der Waals surface area contributed by atoms with Crippen LogP contribution in [-0.4, -0.2) is 41.1 Å². The molecule has 8 nitrogen and oxygen atoms in total. The SMILES string of the molecule is COc1ccc(-c2nnc(SCC(=O)Nc3ncc(Cl)cc3Cl)o2)cc1OC. The molecular weight excluding hydrogens is 427 g/mol. The lowest BCUT2D eigenvalue weighted by molar-refractivity contribution is -0.113. The Labute approximate surface area is 174 Å². The molecule has 0 aliphatic carbocycles. The van der Waals surface area contributed by atoms with Crippen molar-refractivity contribution in [2.45, 2.75) is 5.22 Å². The minimum atomic E-state index is -0.326. The maximum Gasteiger partial charge on any atom is 0.277 e. The van der Waals surface area contributed by atoms with Gasteiger partial charge in [0.25, 0.3) is 5.22 Å². The topological polar surface area (TPSA) is 99.4 Å². The first-order chi connectivity index (χ1) is 13.5. The van der Waals surface area contributed by atoms with E-state index in [4.69, 9.17) is 37.1 Å². The Balaban J connectivity index is 1.62. The second-order valence-corrected chi connectivity index (χ2v) is 7.03. The number of benzene rings is 1. The molecule has 1 aromatic carbocycles. The van der Waals surface area contributed by atoms with Gasteiger partial charge in [0, 0.05) is 11.8 Å². The number of carbonyl (C=O) groups is 1. The summed E-state index contributed by atoms with van der Waals surface area (Å²) in [6.45, 7) is 0. The van der Waals surface area contributed by atoms with Crippen molar-refractivity contribution in [1.29, 1.82) is 0 Å². The fraction of sp³-hybridized carbons (Fsp3) is 0.176. The summed E-state index contributed by atoms with van der Waals surface area (Å²) < 4.78 is 16.0. The van der Waals surface area contributed by atoms with Crippen LogP contribution in [0.4, 0.5) is 5.82 Å². The number of aromatic nitrogens is 3. The van der Waals surface area contributed by atoms with E-state index in [1.54, 1.807) is 25.3 Å². The van der Waals surface area contributed by atoms with Crippen molar-refractivity contribution in [3.8, 4) is 23.0 Å². The Hall–Kier alpha value is -2.49. The zero-order valence-corrected chi connectivity index (χ0v) is 17.1. The second kappa shape index (κ2) is 9.13. The van der Waals surface area contributed by atoms with E-state index in [9.17, 15) is 4.79 Å². The maximum absolute atomic E-state index is 12.1. The van der Waals surface area contributed by atoms with E-state index in [-0.39, 0.29) is 27.7 Å². The first kappa shape index (κ1) is 20.2. The lowest BCUT2D eigenvalue weighted by atomic mass is 10.2. The summed E-state index contributed by atoms with van der Waals surface area (Å²) in [5, 5.41) is 11.4. The number of hydrogen-bond acceptors (Lipinski definition) is 8. The predicted molar refractivity (Wildman–Crippen MR) is 106 cm³/mol. The van der Waals surface area contributed by atoms with Gasteiger partial charge in [0.1, 0.15) is 0 Å². The highest BCUT2D eigenvalue weighted by Crippen LogP contribution is 2.32. The van der Waals surface area contributed by atoms with Crippen LogP contribution in [0.2, 0.25) is 10.0 Å². The van der Waals surface area contributed by atoms with Crippen LogP contribution >= 0.6 is 35.0 Å². The van der Waals surface area contributed by atoms with Gasteiger partial charge in [0.05, 0.1) is 30.0 Å². The molecule has 1 amide bonds. The van der Waals surface area contributed by atoms with Crippen LogP contribution in [0, 0.1) is 0 Å². The highest BCUT2D eigenvalue weighted by Gasteiger charge is 2.14. The van der Waals surface area contributed by atoms with Crippen molar-refractivity contribution in [3.05, 3.63) is 40.5 Å². The molecule has 11 heteroatoms. The molecule has 0 saturated carbocycles. The molecule has 0 bridgehead atoms. The van der Waals surface area contributed by atoms with E-state index in [1.165, 1.54) is 19.4 Å². The Morgan fingerprint density at radius 3 is 2.68 bits per heavy atom. The molecule has 0 aliphatic rings. The number of rotatable bonds is 7. The molecule has 0 aliphatic heterocycles. The van der Waals surface area contributed by atoms with Crippen LogP contribution in [0.25, 0.3) is 11.5 Å². The fourth-order valence-electron chi connectivity index (χ4n) is 2.16. The first-order valence-corrected chi connectivity index (χ1v) is 9.54. The molecule has 3 rings (SSSR count). The molecule has 0 radical (unpaired) electrons. The van der Waals surface area contributed by atoms with Crippen molar-refractivity contribution >= 4 is 46.7 Å². The van der Waals surface area contributed by atoms with Gasteiger partial charge in [-0.1, -0.05) is 35.0 Å². The fourth-order valence-corrected chi connectivity index (χ4v) is 3.15. The van der Waals surface area contributed by atoms with E-state index in [1.807, 2.05) is 0 Å². The maximum atomic E-state index is 12.1. The zero-order valence-electron chi connectivity index (χ0n) is 14.7. The summed E-state index contributed by atoms with van der Waals surface area (Å²) in [5.41, 5.74) is 0.665. The van der Waals surface area contributed by atoms with Gasteiger partial charge in [-0.3, -0.25) is 4.79 Å². The van der Waals surface area contributed by atoms with Crippen molar-refractivity contribution in [1.82, 2.24) is 15.2 Å². The van der Waals surface area contributed by atoms with Gasteiger partial charge in [-0.15, -0.1) is 10.2 Å². The van der Waals surface area contributed by atoms with Crippen LogP contribution in [0.1, 0.15) is 0 Å². The monoisotopic (exact) mass is 440 g/mol. The number of hydrogen-bond donors (Lipinski definition) is 1. The van der Waals surface area contributed by atoms with E-state index >= 15 is 0 Å². The van der Waals surface area contributed by atoms with Gasteiger partial charge in [0.2, 0.25) is 11.8 Å². The van der Waals surface area contributed by atoms with Crippen LogP contribution in [0.5, 0.6) is 11.5 Å². The second-order valence-electron chi connectivity index (χ2n) is 5.26. The third-order valence-electron chi connectivity index (χ3n) is 3.43. The Morgan fingerprint density at radius 1 is 1.18 bits per heavy atom. The summed E-state index contributed by atoms with van der Waals surface area (Å²) in [7, 11) is 3.09. The summed E-state index contributed by atoms with van der Waals surface area (Å²) in [6, 6.07) is 6.72. The highest BCUT2D eigenvalue weighted by molar-refractivity contribution is 7.99. The summed E-state index contributed by atoms with van der Waals surface area (Å²) in [6.07, 6.45) is 1.39. The third kappa shape index (κ3) is 4.86. The smallest absolute Gasteiger partial charge is 0.277 e. The van der Waals surface area contributed by atoms with Gasteiger partial charge in [0.15, 0.2) is 17.3 Å². The number of pyridine rings is 1. The summed E-state index contributed by atoms with van der Waals surface area (Å²) in [5.74, 6) is 1.37. The predicted octanol–water partition coefficient (Wildman–Crippen LogP) is 4.19. The van der Waals surface area contributed by atoms with Gasteiger partial charge in [-0.25, -0.2) is 4.98 Å². The van der Waals surface area contributed by atoms with Crippen molar-refractivity contribution in [2.75, 3.05) is 25.3 Å². The van der Waals surface area contributed by atoms with E-state index in [0.717, 1.165) is 11.8 Å². The lowest BCUT2D eigenvalue weighted by Gasteiger charge is -2.07. The molecule has 2 heterocycles. The number of nitrogens with one attached hydrogen (secondary N) is 1. The molecule has 0 saturated heterocycles. The van der Waals surface area contributed by atoms with Crippen LogP contribution in [0.3, 0.4) is 0 Å². The average molecular weight is 441 g/mol. The summed E-state index contributed by atoms with van der Waals surface area (Å²) >= 11 is 12.8. The number of nitrogens with zero attached hydrogens (tertiary/aromatic N) is 3. The van der Waals surface area contributed by atoms with E-state index in [2.05, 4.69) is 20.5 Å². The van der Waals surface area contributed by atoms with Crippen LogP contribution in [0.15, 0.2) is 40.1 Å². The number of methoxy groups -OCH3 is 2. The molecule has 0 fully saturated rings. The van der Waals surface area contributed by atoms with Crippen molar-refractivity contribution < 1.29 is 18.7 Å². The highest BCUT2D eigenvalue weighted by atomic mass is 35.5. The molecule has 0 spiro atoms. The van der Waals surface area contributed by atoms with E-state index < -0.39 is 0 Å². The standard InChI is InChI=1S/C17H14Cl2N4O4S/c1-25-12-4-3-9(5-13(12)26-2)16-22-23-17(27-16)28-8-14(24)21-15-11(19)6-10(18)7-20-15/h3-7H,8H2,1-2H3,(H,20,21,24). The van der Waals surface area contributed by atoms with Crippen LogP contribution in [-0.2, 0) is 4.79 Å². The number of carbonyl (C=O) groups excluding carboxylic acids is 1. The molecule has 1 N–H and O–H groups in total. The molecule has 2 aromatic heterocycles. The number of halogens is 2. The third-order valence-corrected chi connectivity index (χ3v) is 4.74. The molecule has 146 valence electrons. The van der Waals surface area contributed by atoms with E-state index in [0.29, 0.717) is 28.0 Å². The molecule has 3 aromatic rings. The minimum absolute atomic E-state index is 0.0359. The minimum Gasteiger partial charge on any atom is -0.493 e. The average Bonchev–Trinajstić information content (AvgIpc) is 3.17. The molecule has 28 heavy (non-hydrogen) atoms. The number of ether oxygens (including phenoxy) is 2. The number of amides is 1. The van der Waals surface area contributed by atoms with Gasteiger partial charge in [-0.2, -0.15) is 0 Å². The van der Waals surface area contributed by atoms with Crippen molar-refractivity contribution in [3.63, 3.8) is 0 Å².